The number of nitro benzene ring substituents is 1. The van der Waals surface area contributed by atoms with Crippen molar-refractivity contribution >= 4 is 29.4 Å². The van der Waals surface area contributed by atoms with E-state index in [4.69, 9.17) is 0 Å². The summed E-state index contributed by atoms with van der Waals surface area (Å²) in [6.45, 7) is 6.43. The van der Waals surface area contributed by atoms with Crippen LogP contribution in [0, 0.1) is 16.0 Å². The van der Waals surface area contributed by atoms with E-state index in [0.29, 0.717) is 37.4 Å². The first-order chi connectivity index (χ1) is 16.3. The number of piperidine rings is 1. The molecule has 1 heterocycles. The maximum atomic E-state index is 12.9. The highest BCUT2D eigenvalue weighted by molar-refractivity contribution is 5.96. The summed E-state index contributed by atoms with van der Waals surface area (Å²) in [6, 6.07) is 10.3. The molecule has 2 N–H and O–H groups in total. The zero-order valence-corrected chi connectivity index (χ0v) is 19.3. The normalized spacial score (nSPS) is 15.8. The number of nitrogens with zero attached hydrogens (tertiary/aromatic N) is 4. The molecule has 0 saturated carbocycles. The van der Waals surface area contributed by atoms with E-state index in [9.17, 15) is 24.8 Å². The van der Waals surface area contributed by atoms with Gasteiger partial charge in [-0.1, -0.05) is 6.07 Å². The molecular weight excluding hydrogens is 438 g/mol. The average molecular weight is 468 g/mol. The summed E-state index contributed by atoms with van der Waals surface area (Å²) in [7, 11) is 0. The Bertz CT molecular complexity index is 1080. The molecule has 2 amide bonds. The number of anilines is 1. The lowest BCUT2D eigenvalue weighted by atomic mass is 9.95. The molecule has 1 aliphatic rings. The molecule has 0 bridgehead atoms. The average Bonchev–Trinajstić information content (AvgIpc) is 2.84. The van der Waals surface area contributed by atoms with E-state index in [1.165, 1.54) is 36.5 Å². The fourth-order valence-electron chi connectivity index (χ4n) is 4.11. The molecule has 10 nitrogen and oxygen atoms in total. The van der Waals surface area contributed by atoms with Crippen molar-refractivity contribution in [1.29, 1.82) is 0 Å². The van der Waals surface area contributed by atoms with E-state index in [2.05, 4.69) is 10.5 Å². The third-order valence-electron chi connectivity index (χ3n) is 5.89. The molecule has 3 rings (SSSR count). The molecule has 0 spiro atoms. The van der Waals surface area contributed by atoms with Crippen LogP contribution in [0.4, 0.5) is 11.4 Å². The van der Waals surface area contributed by atoms with Crippen LogP contribution in [0.1, 0.15) is 42.6 Å². The van der Waals surface area contributed by atoms with Crippen molar-refractivity contribution in [3.8, 4) is 5.75 Å². The van der Waals surface area contributed by atoms with Gasteiger partial charge in [0.15, 0.2) is 0 Å². The largest absolute Gasteiger partial charge is 0.508 e. The van der Waals surface area contributed by atoms with Crippen molar-refractivity contribution in [1.82, 2.24) is 10.3 Å². The van der Waals surface area contributed by atoms with Gasteiger partial charge >= 0.3 is 0 Å². The summed E-state index contributed by atoms with van der Waals surface area (Å²) in [5, 5.41) is 24.8. The van der Waals surface area contributed by atoms with E-state index >= 15 is 0 Å². The number of amides is 2. The first kappa shape index (κ1) is 24.7. The maximum absolute atomic E-state index is 12.9. The predicted molar refractivity (Wildman–Crippen MR) is 129 cm³/mol. The Morgan fingerprint density at radius 2 is 2.03 bits per heavy atom. The minimum atomic E-state index is -0.526. The molecule has 2 aromatic carbocycles. The quantitative estimate of drug-likeness (QED) is 0.349. The van der Waals surface area contributed by atoms with Gasteiger partial charge < -0.3 is 14.9 Å². The fourth-order valence-corrected chi connectivity index (χ4v) is 4.11. The van der Waals surface area contributed by atoms with Crippen molar-refractivity contribution in [3.63, 3.8) is 0 Å². The van der Waals surface area contributed by atoms with Crippen LogP contribution in [0.15, 0.2) is 47.6 Å². The lowest BCUT2D eigenvalue weighted by Gasteiger charge is -2.36. The van der Waals surface area contributed by atoms with E-state index in [1.54, 1.807) is 12.1 Å². The number of nitrogens with one attached hydrogen (secondary N) is 1. The number of aromatic hydroxyl groups is 1. The zero-order valence-electron chi connectivity index (χ0n) is 19.3. The number of benzene rings is 2. The molecule has 0 aliphatic carbocycles. The van der Waals surface area contributed by atoms with E-state index < -0.39 is 10.8 Å². The number of hydrogen-bond donors (Lipinski definition) is 2. The summed E-state index contributed by atoms with van der Waals surface area (Å²) in [4.78, 5) is 39.9. The van der Waals surface area contributed by atoms with Gasteiger partial charge in [-0.05, 0) is 51.0 Å². The third kappa shape index (κ3) is 5.89. The van der Waals surface area contributed by atoms with Gasteiger partial charge in [0, 0.05) is 55.1 Å². The lowest BCUT2D eigenvalue weighted by molar-refractivity contribution is -0.384. The van der Waals surface area contributed by atoms with Crippen LogP contribution in [-0.4, -0.2) is 59.1 Å². The number of phenolic OH excluding ortho intramolecular Hbond substituents is 1. The van der Waals surface area contributed by atoms with Crippen LogP contribution >= 0.6 is 0 Å². The fraction of sp³-hybridized carbons (Fsp3) is 0.375. The van der Waals surface area contributed by atoms with Crippen LogP contribution in [0.3, 0.4) is 0 Å². The van der Waals surface area contributed by atoms with Crippen LogP contribution in [-0.2, 0) is 4.79 Å². The Hall–Kier alpha value is -3.95. The number of hydrazone groups is 1. The highest BCUT2D eigenvalue weighted by Gasteiger charge is 2.29. The van der Waals surface area contributed by atoms with Gasteiger partial charge in [-0.25, -0.2) is 5.43 Å². The second-order valence-electron chi connectivity index (χ2n) is 8.05. The molecule has 180 valence electrons. The zero-order chi connectivity index (χ0) is 24.7. The van der Waals surface area contributed by atoms with Crippen molar-refractivity contribution < 1.29 is 19.6 Å². The topological polar surface area (TPSA) is 128 Å². The van der Waals surface area contributed by atoms with Gasteiger partial charge in [-0.3, -0.25) is 19.7 Å². The lowest BCUT2D eigenvalue weighted by Crippen LogP contribution is -2.45. The number of hydrogen-bond acceptors (Lipinski definition) is 7. The predicted octanol–water partition coefficient (Wildman–Crippen LogP) is 3.15. The van der Waals surface area contributed by atoms with Gasteiger partial charge in [-0.2, -0.15) is 5.10 Å². The molecule has 1 aliphatic heterocycles. The van der Waals surface area contributed by atoms with Crippen molar-refractivity contribution in [2.75, 3.05) is 31.1 Å². The monoisotopic (exact) mass is 467 g/mol. The highest BCUT2D eigenvalue weighted by atomic mass is 16.6. The number of carbonyl (C=O) groups excluding carboxylic acids is 2. The van der Waals surface area contributed by atoms with Crippen molar-refractivity contribution in [2.24, 2.45) is 11.0 Å². The van der Waals surface area contributed by atoms with Gasteiger partial charge in [-0.15, -0.1) is 0 Å². The smallest absolute Gasteiger partial charge is 0.271 e. The summed E-state index contributed by atoms with van der Waals surface area (Å²) in [5.41, 5.74) is 3.67. The Labute approximate surface area is 198 Å². The number of phenols is 1. The standard InChI is InChI=1S/C24H29N5O5/c1-3-27(4-2)24(32)18-8-6-12-28(16-18)22-11-10-20(29(33)34)13-19(22)15-25-26-23(31)17-7-5-9-21(30)14-17/h5,7,9-11,13-15,18,30H,3-4,6,8,12,16H2,1-2H3,(H,26,31)/b25-15-/t18-/m1/s1. The molecule has 1 atom stereocenters. The number of rotatable bonds is 8. The maximum Gasteiger partial charge on any atom is 0.271 e. The first-order valence-corrected chi connectivity index (χ1v) is 11.3. The van der Waals surface area contributed by atoms with Gasteiger partial charge in [0.2, 0.25) is 5.91 Å². The summed E-state index contributed by atoms with van der Waals surface area (Å²) < 4.78 is 0. The van der Waals surface area contributed by atoms with Crippen LogP contribution < -0.4 is 10.3 Å². The molecule has 34 heavy (non-hydrogen) atoms. The van der Waals surface area contributed by atoms with Crippen molar-refractivity contribution in [3.05, 3.63) is 63.7 Å². The Morgan fingerprint density at radius 3 is 2.71 bits per heavy atom. The van der Waals surface area contributed by atoms with Crippen LogP contribution in [0.25, 0.3) is 0 Å². The molecule has 10 heteroatoms. The van der Waals surface area contributed by atoms with E-state index in [1.807, 2.05) is 23.6 Å². The van der Waals surface area contributed by atoms with Gasteiger partial charge in [0.25, 0.3) is 11.6 Å². The van der Waals surface area contributed by atoms with E-state index in [0.717, 1.165) is 12.8 Å². The Kier molecular flexibility index (Phi) is 8.18. The van der Waals surface area contributed by atoms with Gasteiger partial charge in [0.1, 0.15) is 5.75 Å². The molecule has 2 aromatic rings. The minimum Gasteiger partial charge on any atom is -0.508 e. The number of nitro groups is 1. The SMILES string of the molecule is CCN(CC)C(=O)[C@@H]1CCCN(c2ccc([N+](=O)[O-])cc2/C=N\NC(=O)c2cccc(O)c2)C1. The Morgan fingerprint density at radius 1 is 1.26 bits per heavy atom. The first-order valence-electron chi connectivity index (χ1n) is 11.3. The Balaban J connectivity index is 1.82. The third-order valence-corrected chi connectivity index (χ3v) is 5.89. The number of carbonyl (C=O) groups is 2. The minimum absolute atomic E-state index is 0.0449. The van der Waals surface area contributed by atoms with Crippen LogP contribution in [0.2, 0.25) is 0 Å². The molecule has 0 radical (unpaired) electrons. The summed E-state index contributed by atoms with van der Waals surface area (Å²) in [5.74, 6) is -0.609. The molecule has 0 unspecified atom stereocenters. The molecule has 1 saturated heterocycles. The molecule has 1 fully saturated rings. The second-order valence-corrected chi connectivity index (χ2v) is 8.05. The highest BCUT2D eigenvalue weighted by Crippen LogP contribution is 2.29. The van der Waals surface area contributed by atoms with Gasteiger partial charge in [0.05, 0.1) is 17.1 Å². The number of non-ortho nitro benzene ring substituents is 1. The second kappa shape index (κ2) is 11.3. The van der Waals surface area contributed by atoms with E-state index in [-0.39, 0.29) is 28.8 Å². The summed E-state index contributed by atoms with van der Waals surface area (Å²) >= 11 is 0. The van der Waals surface area contributed by atoms with Crippen molar-refractivity contribution in [2.45, 2.75) is 26.7 Å². The summed E-state index contributed by atoms with van der Waals surface area (Å²) in [6.07, 6.45) is 2.97. The molecule has 0 aromatic heterocycles. The molecular formula is C24H29N5O5. The van der Waals surface area contributed by atoms with Crippen LogP contribution in [0.5, 0.6) is 5.75 Å².